The topological polar surface area (TPSA) is 46.6 Å². The van der Waals surface area contributed by atoms with Crippen molar-refractivity contribution in [3.8, 4) is 0 Å². The highest BCUT2D eigenvalue weighted by Crippen LogP contribution is 2.36. The molecule has 2 amide bonds. The van der Waals surface area contributed by atoms with Crippen molar-refractivity contribution in [3.63, 3.8) is 0 Å². The molecule has 7 heteroatoms. The lowest BCUT2D eigenvalue weighted by Crippen LogP contribution is -2.35. The second kappa shape index (κ2) is 5.04. The number of carbonyl (C=O) groups excluding carboxylic acids is 2. The van der Waals surface area contributed by atoms with E-state index in [-0.39, 0.29) is 5.57 Å². The van der Waals surface area contributed by atoms with Crippen LogP contribution in [0.2, 0.25) is 0 Å². The lowest BCUT2D eigenvalue weighted by Gasteiger charge is -2.17. The van der Waals surface area contributed by atoms with Crippen LogP contribution in [0.15, 0.2) is 30.8 Å². The number of hydrogen-bond donors (Lipinski definition) is 0. The Hall–Kier alpha value is -1.23. The van der Waals surface area contributed by atoms with Crippen LogP contribution in [0.4, 0.5) is 10.5 Å². The van der Waals surface area contributed by atoms with Gasteiger partial charge in [0.05, 0.1) is 5.69 Å². The molecule has 0 fully saturated rings. The van der Waals surface area contributed by atoms with Gasteiger partial charge in [-0.25, -0.2) is 9.69 Å². The number of hydrogen-bond acceptors (Lipinski definition) is 3. The predicted octanol–water partition coefficient (Wildman–Crippen LogP) is 3.55. The zero-order chi connectivity index (χ0) is 14.2. The van der Waals surface area contributed by atoms with Gasteiger partial charge in [-0.3, -0.25) is 4.79 Å². The van der Waals surface area contributed by atoms with Crippen molar-refractivity contribution in [1.29, 1.82) is 0 Å². The molecule has 0 N–H and O–H groups in total. The Morgan fingerprint density at radius 2 is 1.95 bits per heavy atom. The monoisotopic (exact) mass is 319 g/mol. The number of halogens is 3. The SMILES string of the molecule is C=C1C(=O)N(C(=O)OCC(Cl)(Cl)Cl)c2ccccc21. The van der Waals surface area contributed by atoms with Crippen molar-refractivity contribution >= 4 is 58.1 Å². The van der Waals surface area contributed by atoms with Crippen LogP contribution in [0.5, 0.6) is 0 Å². The van der Waals surface area contributed by atoms with Gasteiger partial charge >= 0.3 is 6.09 Å². The third-order valence-electron chi connectivity index (χ3n) is 2.47. The molecule has 100 valence electrons. The quantitative estimate of drug-likeness (QED) is 0.587. The number of ether oxygens (including phenoxy) is 1. The summed E-state index contributed by atoms with van der Waals surface area (Å²) < 4.78 is 3.07. The summed E-state index contributed by atoms with van der Waals surface area (Å²) in [6, 6.07) is 6.74. The molecule has 0 aliphatic carbocycles. The molecule has 0 bridgehead atoms. The first-order valence-corrected chi connectivity index (χ1v) is 6.31. The van der Waals surface area contributed by atoms with E-state index in [2.05, 4.69) is 6.58 Å². The van der Waals surface area contributed by atoms with Crippen LogP contribution in [0.1, 0.15) is 5.56 Å². The summed E-state index contributed by atoms with van der Waals surface area (Å²) in [7, 11) is 0. The first-order chi connectivity index (χ1) is 8.81. The average molecular weight is 321 g/mol. The van der Waals surface area contributed by atoms with Crippen LogP contribution in [0.3, 0.4) is 0 Å². The van der Waals surface area contributed by atoms with Gasteiger partial charge < -0.3 is 4.74 Å². The molecule has 2 rings (SSSR count). The molecule has 0 atom stereocenters. The summed E-state index contributed by atoms with van der Waals surface area (Å²) in [6.45, 7) is 3.19. The van der Waals surface area contributed by atoms with E-state index in [1.807, 2.05) is 0 Å². The molecule has 1 aromatic carbocycles. The Morgan fingerprint density at radius 3 is 2.58 bits per heavy atom. The Labute approximate surface area is 124 Å². The molecule has 4 nitrogen and oxygen atoms in total. The number of anilines is 1. The third-order valence-corrected chi connectivity index (χ3v) is 2.80. The number of para-hydroxylation sites is 1. The molecule has 0 saturated heterocycles. The molecule has 0 aromatic heterocycles. The van der Waals surface area contributed by atoms with E-state index in [1.165, 1.54) is 0 Å². The van der Waals surface area contributed by atoms with E-state index in [9.17, 15) is 9.59 Å². The number of alkyl halides is 3. The smallest absolute Gasteiger partial charge is 0.421 e. The summed E-state index contributed by atoms with van der Waals surface area (Å²) in [5.41, 5.74) is 1.21. The Morgan fingerprint density at radius 1 is 1.32 bits per heavy atom. The first-order valence-electron chi connectivity index (χ1n) is 5.17. The van der Waals surface area contributed by atoms with Gasteiger partial charge in [-0.1, -0.05) is 59.6 Å². The van der Waals surface area contributed by atoms with Gasteiger partial charge in [0, 0.05) is 11.1 Å². The van der Waals surface area contributed by atoms with Crippen molar-refractivity contribution in [2.75, 3.05) is 11.5 Å². The summed E-state index contributed by atoms with van der Waals surface area (Å²) >= 11 is 16.4. The molecule has 19 heavy (non-hydrogen) atoms. The Kier molecular flexibility index (Phi) is 3.76. The largest absolute Gasteiger partial charge is 0.444 e. The standard InChI is InChI=1S/C12H8Cl3NO3/c1-7-8-4-2-3-5-9(8)16(10(7)17)11(18)19-6-12(13,14)15/h2-5H,1,6H2. The van der Waals surface area contributed by atoms with Crippen molar-refractivity contribution < 1.29 is 14.3 Å². The fraction of sp³-hybridized carbons (Fsp3) is 0.167. The molecule has 1 aliphatic heterocycles. The predicted molar refractivity (Wildman–Crippen MR) is 74.6 cm³/mol. The van der Waals surface area contributed by atoms with Crippen LogP contribution >= 0.6 is 34.8 Å². The molecular formula is C12H8Cl3NO3. The van der Waals surface area contributed by atoms with Gasteiger partial charge in [0.2, 0.25) is 3.79 Å². The fourth-order valence-corrected chi connectivity index (χ4v) is 1.84. The number of amides is 2. The van der Waals surface area contributed by atoms with Crippen molar-refractivity contribution in [2.45, 2.75) is 3.79 Å². The van der Waals surface area contributed by atoms with Crippen molar-refractivity contribution in [1.82, 2.24) is 0 Å². The van der Waals surface area contributed by atoms with E-state index in [0.717, 1.165) is 4.90 Å². The molecule has 0 spiro atoms. The molecular weight excluding hydrogens is 312 g/mol. The molecule has 1 aromatic rings. The third kappa shape index (κ3) is 2.86. The van der Waals surface area contributed by atoms with E-state index < -0.39 is 22.4 Å². The van der Waals surface area contributed by atoms with Gasteiger partial charge in [-0.2, -0.15) is 0 Å². The normalized spacial score (nSPS) is 14.6. The second-order valence-corrected chi connectivity index (χ2v) is 6.32. The number of imide groups is 1. The lowest BCUT2D eigenvalue weighted by molar-refractivity contribution is -0.112. The van der Waals surface area contributed by atoms with Crippen LogP contribution in [-0.4, -0.2) is 22.4 Å². The van der Waals surface area contributed by atoms with Crippen LogP contribution in [0.25, 0.3) is 5.57 Å². The Bertz CT molecular complexity index is 566. The zero-order valence-corrected chi connectivity index (χ0v) is 11.8. The first kappa shape index (κ1) is 14.2. The maximum atomic E-state index is 12.0. The minimum absolute atomic E-state index is 0.224. The van der Waals surface area contributed by atoms with E-state index in [0.29, 0.717) is 11.3 Å². The number of nitrogens with zero attached hydrogens (tertiary/aromatic N) is 1. The van der Waals surface area contributed by atoms with Gasteiger partial charge in [0.25, 0.3) is 5.91 Å². The highest BCUT2D eigenvalue weighted by Gasteiger charge is 2.37. The number of rotatable bonds is 1. The number of benzene rings is 1. The van der Waals surface area contributed by atoms with Gasteiger partial charge in [-0.15, -0.1) is 0 Å². The minimum atomic E-state index is -1.73. The maximum absolute atomic E-state index is 12.0. The van der Waals surface area contributed by atoms with Gasteiger partial charge in [-0.05, 0) is 6.07 Å². The van der Waals surface area contributed by atoms with Crippen LogP contribution in [-0.2, 0) is 9.53 Å². The molecule has 1 aliphatic rings. The fourth-order valence-electron chi connectivity index (χ4n) is 1.67. The number of carbonyl (C=O) groups is 2. The van der Waals surface area contributed by atoms with E-state index in [4.69, 9.17) is 39.5 Å². The van der Waals surface area contributed by atoms with Crippen molar-refractivity contribution in [2.24, 2.45) is 0 Å². The number of fused-ring (bicyclic) bond motifs is 1. The van der Waals surface area contributed by atoms with Gasteiger partial charge in [0.1, 0.15) is 6.61 Å². The summed E-state index contributed by atoms with van der Waals surface area (Å²) in [5, 5.41) is 0. The molecule has 0 unspecified atom stereocenters. The lowest BCUT2D eigenvalue weighted by atomic mass is 10.1. The van der Waals surface area contributed by atoms with E-state index in [1.54, 1.807) is 24.3 Å². The molecule has 1 heterocycles. The summed E-state index contributed by atoms with van der Waals surface area (Å²) in [4.78, 5) is 24.7. The summed E-state index contributed by atoms with van der Waals surface area (Å²) in [5.74, 6) is -0.546. The Balaban J connectivity index is 2.24. The van der Waals surface area contributed by atoms with Gasteiger partial charge in [0.15, 0.2) is 0 Å². The zero-order valence-electron chi connectivity index (χ0n) is 9.53. The average Bonchev–Trinajstić information content (AvgIpc) is 2.59. The summed E-state index contributed by atoms with van der Waals surface area (Å²) in [6.07, 6.45) is -0.901. The minimum Gasteiger partial charge on any atom is -0.444 e. The highest BCUT2D eigenvalue weighted by molar-refractivity contribution is 6.67. The van der Waals surface area contributed by atoms with Crippen molar-refractivity contribution in [3.05, 3.63) is 36.4 Å². The molecule has 0 saturated carbocycles. The highest BCUT2D eigenvalue weighted by atomic mass is 35.6. The van der Waals surface area contributed by atoms with Crippen LogP contribution in [0, 0.1) is 0 Å². The van der Waals surface area contributed by atoms with E-state index >= 15 is 0 Å². The van der Waals surface area contributed by atoms with Crippen LogP contribution < -0.4 is 4.90 Å². The second-order valence-electron chi connectivity index (χ2n) is 3.81. The molecule has 0 radical (unpaired) electrons. The maximum Gasteiger partial charge on any atom is 0.421 e.